The molecule has 1 aliphatic rings. The molecule has 3 rings (SSSR count). The van der Waals surface area contributed by atoms with E-state index in [4.69, 9.17) is 19.2 Å². The molecule has 1 fully saturated rings. The van der Waals surface area contributed by atoms with Gasteiger partial charge in [0.15, 0.2) is 0 Å². The van der Waals surface area contributed by atoms with Gasteiger partial charge in [0.1, 0.15) is 23.8 Å². The Hall–Kier alpha value is -3.21. The number of esters is 3. The summed E-state index contributed by atoms with van der Waals surface area (Å²) in [6.45, 7) is 5.66. The second-order valence-electron chi connectivity index (χ2n) is 8.34. The lowest BCUT2D eigenvalue weighted by Crippen LogP contribution is -2.55. The molecular weight excluding hydrogens is 471 g/mol. The molecule has 2 aromatic rings. The van der Waals surface area contributed by atoms with Crippen LogP contribution in [0.3, 0.4) is 0 Å². The van der Waals surface area contributed by atoms with E-state index in [9.17, 15) is 18.8 Å². The molecular formula is C25H35FN4O6. The summed E-state index contributed by atoms with van der Waals surface area (Å²) in [4.78, 5) is 43.9. The Balaban J connectivity index is 1.93. The van der Waals surface area contributed by atoms with E-state index in [2.05, 4.69) is 5.32 Å². The predicted molar refractivity (Wildman–Crippen MR) is 131 cm³/mol. The molecule has 0 bridgehead atoms. The Kier molecular flexibility index (Phi) is 10.5. The minimum atomic E-state index is -0.576. The number of halogens is 1. The first-order chi connectivity index (χ1) is 17.5. The summed E-state index contributed by atoms with van der Waals surface area (Å²) in [5, 5.41) is 3.23. The van der Waals surface area contributed by atoms with Crippen LogP contribution in [0.4, 0.5) is 10.1 Å². The quantitative estimate of drug-likeness (QED) is 0.248. The van der Waals surface area contributed by atoms with Crippen molar-refractivity contribution in [2.24, 2.45) is 0 Å². The van der Waals surface area contributed by atoms with Crippen LogP contribution in [-0.4, -0.2) is 79.6 Å². The second-order valence-corrected chi connectivity index (χ2v) is 8.34. The minimum absolute atomic E-state index is 0.0492. The largest absolute Gasteiger partial charge is 0.466 e. The van der Waals surface area contributed by atoms with Crippen molar-refractivity contribution in [3.8, 4) is 0 Å². The van der Waals surface area contributed by atoms with Crippen LogP contribution in [0, 0.1) is 0 Å². The number of nitrogens with zero attached hydrogens (tertiary/aromatic N) is 3. The standard InChI is InChI=1S/C25H35FN4O6/c1-3-34-22(31)10-13-30-19-9-7-8-18(24(19)28-21(30)16-23(32)35-4-2)29-14-12-27-17-20(29)25(33)36-15-6-5-11-26/h7-9,20,27H,3-6,10-17H2,1-2H3. The third-order valence-corrected chi connectivity index (χ3v) is 5.89. The normalized spacial score (nSPS) is 15.6. The van der Waals surface area contributed by atoms with Crippen LogP contribution in [0.5, 0.6) is 0 Å². The number of rotatable bonds is 13. The van der Waals surface area contributed by atoms with Crippen molar-refractivity contribution in [3.63, 3.8) is 0 Å². The van der Waals surface area contributed by atoms with Gasteiger partial charge in [-0.25, -0.2) is 9.78 Å². The maximum Gasteiger partial charge on any atom is 0.330 e. The molecule has 0 aliphatic carbocycles. The van der Waals surface area contributed by atoms with E-state index in [1.165, 1.54) is 0 Å². The fraction of sp³-hybridized carbons (Fsp3) is 0.600. The number of carbonyl (C=O) groups excluding carboxylic acids is 3. The number of aryl methyl sites for hydroxylation is 1. The third kappa shape index (κ3) is 6.93. The van der Waals surface area contributed by atoms with Crippen molar-refractivity contribution in [3.05, 3.63) is 24.0 Å². The zero-order valence-corrected chi connectivity index (χ0v) is 21.0. The fourth-order valence-corrected chi connectivity index (χ4v) is 4.24. The first-order valence-electron chi connectivity index (χ1n) is 12.5. The molecule has 0 radical (unpaired) electrons. The summed E-state index contributed by atoms with van der Waals surface area (Å²) < 4.78 is 29.8. The lowest BCUT2D eigenvalue weighted by atomic mass is 10.1. The van der Waals surface area contributed by atoms with Gasteiger partial charge in [0, 0.05) is 26.2 Å². The number of anilines is 1. The summed E-state index contributed by atoms with van der Waals surface area (Å²) in [5.74, 6) is -0.661. The number of alkyl halides is 1. The SMILES string of the molecule is CCOC(=O)CCn1c(CC(=O)OCC)nc2c(N3CCNCC3C(=O)OCCCCF)cccc21. The van der Waals surface area contributed by atoms with Gasteiger partial charge in [-0.15, -0.1) is 0 Å². The highest BCUT2D eigenvalue weighted by molar-refractivity contribution is 5.93. The first kappa shape index (κ1) is 27.4. The van der Waals surface area contributed by atoms with Crippen molar-refractivity contribution in [1.29, 1.82) is 0 Å². The number of ether oxygens (including phenoxy) is 3. The topological polar surface area (TPSA) is 112 Å². The fourth-order valence-electron chi connectivity index (χ4n) is 4.24. The molecule has 0 amide bonds. The van der Waals surface area contributed by atoms with E-state index in [1.54, 1.807) is 13.8 Å². The van der Waals surface area contributed by atoms with Gasteiger partial charge in [0.05, 0.1) is 44.1 Å². The number of aromatic nitrogens is 2. The molecule has 1 saturated heterocycles. The number of piperazine rings is 1. The number of hydrogen-bond acceptors (Lipinski definition) is 9. The Morgan fingerprint density at radius 1 is 1.11 bits per heavy atom. The van der Waals surface area contributed by atoms with Gasteiger partial charge in [-0.2, -0.15) is 0 Å². The Morgan fingerprint density at radius 3 is 2.64 bits per heavy atom. The highest BCUT2D eigenvalue weighted by atomic mass is 19.1. The number of benzene rings is 1. The van der Waals surface area contributed by atoms with Crippen LogP contribution in [0.15, 0.2) is 18.2 Å². The van der Waals surface area contributed by atoms with Crippen molar-refractivity contribution < 1.29 is 33.0 Å². The van der Waals surface area contributed by atoms with Crippen molar-refractivity contribution in [2.75, 3.05) is 51.0 Å². The molecule has 1 aromatic carbocycles. The smallest absolute Gasteiger partial charge is 0.330 e. The van der Waals surface area contributed by atoms with E-state index in [-0.39, 0.29) is 51.1 Å². The maximum absolute atomic E-state index is 12.9. The molecule has 1 aromatic heterocycles. The Labute approximate surface area is 210 Å². The van der Waals surface area contributed by atoms with E-state index < -0.39 is 18.7 Å². The number of nitrogens with one attached hydrogen (secondary N) is 1. The third-order valence-electron chi connectivity index (χ3n) is 5.89. The van der Waals surface area contributed by atoms with Gasteiger partial charge in [-0.1, -0.05) is 6.07 Å². The van der Waals surface area contributed by atoms with Crippen molar-refractivity contribution in [2.45, 2.75) is 52.1 Å². The monoisotopic (exact) mass is 506 g/mol. The van der Waals surface area contributed by atoms with Crippen LogP contribution < -0.4 is 10.2 Å². The van der Waals surface area contributed by atoms with E-state index in [0.717, 1.165) is 11.2 Å². The van der Waals surface area contributed by atoms with Gasteiger partial charge in [-0.05, 0) is 38.8 Å². The van der Waals surface area contributed by atoms with Crippen LogP contribution >= 0.6 is 0 Å². The zero-order valence-electron chi connectivity index (χ0n) is 21.0. The van der Waals surface area contributed by atoms with Gasteiger partial charge in [-0.3, -0.25) is 14.0 Å². The van der Waals surface area contributed by atoms with Gasteiger partial charge in [0.2, 0.25) is 0 Å². The molecule has 2 heterocycles. The molecule has 1 aliphatic heterocycles. The molecule has 10 nitrogen and oxygen atoms in total. The minimum Gasteiger partial charge on any atom is -0.466 e. The Bertz CT molecular complexity index is 1040. The van der Waals surface area contributed by atoms with Crippen LogP contribution in [-0.2, 0) is 41.6 Å². The van der Waals surface area contributed by atoms with Crippen LogP contribution in [0.2, 0.25) is 0 Å². The molecule has 11 heteroatoms. The lowest BCUT2D eigenvalue weighted by molar-refractivity contribution is -0.146. The lowest BCUT2D eigenvalue weighted by Gasteiger charge is -2.36. The number of hydrogen-bond donors (Lipinski definition) is 1. The van der Waals surface area contributed by atoms with E-state index in [1.807, 2.05) is 27.7 Å². The van der Waals surface area contributed by atoms with Gasteiger partial charge >= 0.3 is 17.9 Å². The van der Waals surface area contributed by atoms with E-state index >= 15 is 0 Å². The highest BCUT2D eigenvalue weighted by Gasteiger charge is 2.32. The summed E-state index contributed by atoms with van der Waals surface area (Å²) in [6, 6.07) is 5.04. The second kappa shape index (κ2) is 13.8. The van der Waals surface area contributed by atoms with Crippen LogP contribution in [0.1, 0.15) is 38.9 Å². The molecule has 0 saturated carbocycles. The predicted octanol–water partition coefficient (Wildman–Crippen LogP) is 2.17. The average Bonchev–Trinajstić information content (AvgIpc) is 3.22. The molecule has 36 heavy (non-hydrogen) atoms. The number of unbranched alkanes of at least 4 members (excludes halogenated alkanes) is 1. The average molecular weight is 507 g/mol. The Morgan fingerprint density at radius 2 is 1.89 bits per heavy atom. The van der Waals surface area contributed by atoms with Crippen molar-refractivity contribution >= 4 is 34.6 Å². The maximum atomic E-state index is 12.9. The summed E-state index contributed by atoms with van der Waals surface area (Å²) >= 11 is 0. The number of carbonyl (C=O) groups is 3. The number of para-hydroxylation sites is 1. The van der Waals surface area contributed by atoms with E-state index in [0.29, 0.717) is 43.8 Å². The molecule has 198 valence electrons. The highest BCUT2D eigenvalue weighted by Crippen LogP contribution is 2.30. The number of fused-ring (bicyclic) bond motifs is 1. The van der Waals surface area contributed by atoms with Crippen molar-refractivity contribution in [1.82, 2.24) is 14.9 Å². The van der Waals surface area contributed by atoms with Gasteiger partial charge in [0.25, 0.3) is 0 Å². The molecule has 1 atom stereocenters. The molecule has 0 spiro atoms. The summed E-state index contributed by atoms with van der Waals surface area (Å²) in [7, 11) is 0. The number of imidazole rings is 1. The first-order valence-corrected chi connectivity index (χ1v) is 12.5. The molecule has 1 unspecified atom stereocenters. The zero-order chi connectivity index (χ0) is 25.9. The van der Waals surface area contributed by atoms with Gasteiger partial charge < -0.3 is 29.0 Å². The summed E-state index contributed by atoms with van der Waals surface area (Å²) in [6.07, 6.45) is 0.902. The molecule has 1 N–H and O–H groups in total. The summed E-state index contributed by atoms with van der Waals surface area (Å²) in [5.41, 5.74) is 2.10. The van der Waals surface area contributed by atoms with Crippen LogP contribution in [0.25, 0.3) is 11.0 Å².